The van der Waals surface area contributed by atoms with E-state index in [2.05, 4.69) is 18.7 Å². The van der Waals surface area contributed by atoms with Crippen molar-refractivity contribution in [2.45, 2.75) is 26.7 Å². The fourth-order valence-electron chi connectivity index (χ4n) is 1.96. The highest BCUT2D eigenvalue weighted by molar-refractivity contribution is 6.18. The molecule has 0 bridgehead atoms. The van der Waals surface area contributed by atoms with Crippen LogP contribution in [-0.2, 0) is 0 Å². The molecule has 1 fully saturated rings. The first-order valence-corrected chi connectivity index (χ1v) is 5.55. The van der Waals surface area contributed by atoms with Crippen LogP contribution in [0.2, 0.25) is 0 Å². The van der Waals surface area contributed by atoms with Gasteiger partial charge in [0, 0.05) is 12.4 Å². The Morgan fingerprint density at radius 1 is 1.33 bits per heavy atom. The van der Waals surface area contributed by atoms with Crippen molar-refractivity contribution < 1.29 is 0 Å². The Morgan fingerprint density at radius 2 is 1.92 bits per heavy atom. The second kappa shape index (κ2) is 5.08. The third kappa shape index (κ3) is 2.95. The van der Waals surface area contributed by atoms with Gasteiger partial charge in [-0.1, -0.05) is 13.8 Å². The molecule has 0 spiro atoms. The Morgan fingerprint density at radius 3 is 2.33 bits per heavy atom. The van der Waals surface area contributed by atoms with Crippen LogP contribution in [0.15, 0.2) is 0 Å². The average molecular weight is 190 g/mol. The molecule has 0 atom stereocenters. The smallest absolute Gasteiger partial charge is 0.0351 e. The van der Waals surface area contributed by atoms with Gasteiger partial charge >= 0.3 is 0 Å². The van der Waals surface area contributed by atoms with Crippen molar-refractivity contribution in [1.29, 1.82) is 0 Å². The minimum atomic E-state index is 0.784. The average Bonchev–Trinajstić information content (AvgIpc) is 2.06. The second-order valence-electron chi connectivity index (χ2n) is 4.11. The lowest BCUT2D eigenvalue weighted by Gasteiger charge is -2.33. The van der Waals surface area contributed by atoms with Gasteiger partial charge in [0.1, 0.15) is 0 Å². The molecule has 0 aliphatic carbocycles. The summed E-state index contributed by atoms with van der Waals surface area (Å²) in [5.74, 6) is 2.60. The summed E-state index contributed by atoms with van der Waals surface area (Å²) in [6.45, 7) is 8.27. The van der Waals surface area contributed by atoms with Crippen LogP contribution in [0, 0.1) is 11.8 Å². The van der Waals surface area contributed by atoms with Crippen molar-refractivity contribution in [3.05, 3.63) is 0 Å². The van der Waals surface area contributed by atoms with Crippen LogP contribution in [0.5, 0.6) is 0 Å². The van der Waals surface area contributed by atoms with Crippen molar-refractivity contribution in [1.82, 2.24) is 4.90 Å². The van der Waals surface area contributed by atoms with Gasteiger partial charge in [-0.3, -0.25) is 0 Å². The molecule has 1 aliphatic rings. The summed E-state index contributed by atoms with van der Waals surface area (Å²) in [6, 6.07) is 0. The van der Waals surface area contributed by atoms with Crippen LogP contribution < -0.4 is 0 Å². The Labute approximate surface area is 81.1 Å². The predicted molar refractivity (Wildman–Crippen MR) is 54.7 cm³/mol. The zero-order chi connectivity index (χ0) is 8.97. The van der Waals surface area contributed by atoms with E-state index in [0.717, 1.165) is 24.3 Å². The summed E-state index contributed by atoms with van der Waals surface area (Å²) in [5, 5.41) is 0. The van der Waals surface area contributed by atoms with E-state index >= 15 is 0 Å². The number of nitrogens with zero attached hydrogens (tertiary/aromatic N) is 1. The molecule has 0 radical (unpaired) electrons. The van der Waals surface area contributed by atoms with E-state index in [1.54, 1.807) is 0 Å². The van der Waals surface area contributed by atoms with Gasteiger partial charge in [0.15, 0.2) is 0 Å². The molecule has 72 valence electrons. The maximum atomic E-state index is 5.69. The lowest BCUT2D eigenvalue weighted by Crippen LogP contribution is -2.36. The summed E-state index contributed by atoms with van der Waals surface area (Å²) in [6.07, 6.45) is 2.74. The molecular weight excluding hydrogens is 170 g/mol. The molecule has 0 amide bonds. The first-order chi connectivity index (χ1) is 5.74. The maximum Gasteiger partial charge on any atom is 0.0351 e. The molecule has 1 aliphatic heterocycles. The summed E-state index contributed by atoms with van der Waals surface area (Å²) >= 11 is 5.69. The highest BCUT2D eigenvalue weighted by Gasteiger charge is 2.20. The van der Waals surface area contributed by atoms with E-state index in [9.17, 15) is 0 Å². The molecule has 12 heavy (non-hydrogen) atoms. The van der Waals surface area contributed by atoms with Crippen molar-refractivity contribution in [3.8, 4) is 0 Å². The molecule has 1 rings (SSSR count). The lowest BCUT2D eigenvalue weighted by molar-refractivity contribution is 0.165. The molecule has 0 aromatic carbocycles. The first-order valence-electron chi connectivity index (χ1n) is 5.02. The van der Waals surface area contributed by atoms with Gasteiger partial charge in [-0.25, -0.2) is 0 Å². The number of hydrogen-bond acceptors (Lipinski definition) is 1. The normalized spacial score (nSPS) is 22.0. The molecular formula is C10H20ClN. The fourth-order valence-corrected chi connectivity index (χ4v) is 2.20. The van der Waals surface area contributed by atoms with Gasteiger partial charge in [-0.2, -0.15) is 0 Å². The number of rotatable bonds is 3. The molecule has 1 nitrogen and oxygen atoms in total. The molecule has 1 heterocycles. The quantitative estimate of drug-likeness (QED) is 0.617. The van der Waals surface area contributed by atoms with Crippen LogP contribution in [0.25, 0.3) is 0 Å². The third-order valence-corrected chi connectivity index (χ3v) is 3.14. The van der Waals surface area contributed by atoms with Crippen molar-refractivity contribution in [2.24, 2.45) is 11.8 Å². The Balaban J connectivity index is 2.20. The highest BCUT2D eigenvalue weighted by atomic mass is 35.5. The van der Waals surface area contributed by atoms with Crippen LogP contribution in [0.4, 0.5) is 0 Å². The summed E-state index contributed by atoms with van der Waals surface area (Å²) in [7, 11) is 0. The first kappa shape index (κ1) is 10.3. The van der Waals surface area contributed by atoms with E-state index in [0.29, 0.717) is 0 Å². The van der Waals surface area contributed by atoms with Gasteiger partial charge in [0.2, 0.25) is 0 Å². The molecule has 0 unspecified atom stereocenters. The number of piperidine rings is 1. The molecule has 2 heteroatoms. The SMILES string of the molecule is CC(C)C1CCN(CCCl)CC1. The fraction of sp³-hybridized carbons (Fsp3) is 1.00. The van der Waals surface area contributed by atoms with Crippen molar-refractivity contribution >= 4 is 11.6 Å². The number of likely N-dealkylation sites (tertiary alicyclic amines) is 1. The Hall–Kier alpha value is 0.250. The Kier molecular flexibility index (Phi) is 4.38. The summed E-state index contributed by atoms with van der Waals surface area (Å²) in [5.41, 5.74) is 0. The predicted octanol–water partition coefficient (Wildman–Crippen LogP) is 2.59. The van der Waals surface area contributed by atoms with Gasteiger partial charge < -0.3 is 4.90 Å². The largest absolute Gasteiger partial charge is 0.302 e. The molecule has 0 saturated carbocycles. The monoisotopic (exact) mass is 189 g/mol. The third-order valence-electron chi connectivity index (χ3n) is 2.98. The zero-order valence-electron chi connectivity index (χ0n) is 8.22. The Bertz CT molecular complexity index is 117. The van der Waals surface area contributed by atoms with Gasteiger partial charge in [-0.05, 0) is 37.8 Å². The van der Waals surface area contributed by atoms with Crippen LogP contribution >= 0.6 is 11.6 Å². The van der Waals surface area contributed by atoms with Crippen molar-refractivity contribution in [2.75, 3.05) is 25.5 Å². The lowest BCUT2D eigenvalue weighted by atomic mass is 9.87. The van der Waals surface area contributed by atoms with E-state index in [1.807, 2.05) is 0 Å². The summed E-state index contributed by atoms with van der Waals surface area (Å²) < 4.78 is 0. The minimum absolute atomic E-state index is 0.784. The molecule has 0 aromatic rings. The molecule has 0 N–H and O–H groups in total. The molecule has 0 aromatic heterocycles. The van der Waals surface area contributed by atoms with Gasteiger partial charge in [0.25, 0.3) is 0 Å². The van der Waals surface area contributed by atoms with Crippen LogP contribution in [-0.4, -0.2) is 30.4 Å². The number of hydrogen-bond donors (Lipinski definition) is 0. The maximum absolute atomic E-state index is 5.69. The number of halogens is 1. The number of alkyl halides is 1. The highest BCUT2D eigenvalue weighted by Crippen LogP contribution is 2.23. The standard InChI is InChI=1S/C10H20ClN/c1-9(2)10-3-6-12(7-4-10)8-5-11/h9-10H,3-8H2,1-2H3. The van der Waals surface area contributed by atoms with Gasteiger partial charge in [0.05, 0.1) is 0 Å². The van der Waals surface area contributed by atoms with Crippen LogP contribution in [0.1, 0.15) is 26.7 Å². The van der Waals surface area contributed by atoms with Crippen LogP contribution in [0.3, 0.4) is 0 Å². The second-order valence-corrected chi connectivity index (χ2v) is 4.49. The van der Waals surface area contributed by atoms with E-state index in [1.165, 1.54) is 25.9 Å². The van der Waals surface area contributed by atoms with E-state index in [4.69, 9.17) is 11.6 Å². The topological polar surface area (TPSA) is 3.24 Å². The molecule has 1 saturated heterocycles. The summed E-state index contributed by atoms with van der Waals surface area (Å²) in [4.78, 5) is 2.48. The van der Waals surface area contributed by atoms with E-state index in [-0.39, 0.29) is 0 Å². The van der Waals surface area contributed by atoms with Crippen molar-refractivity contribution in [3.63, 3.8) is 0 Å². The van der Waals surface area contributed by atoms with E-state index < -0.39 is 0 Å². The minimum Gasteiger partial charge on any atom is -0.302 e. The zero-order valence-corrected chi connectivity index (χ0v) is 8.98. The van der Waals surface area contributed by atoms with Gasteiger partial charge in [-0.15, -0.1) is 11.6 Å².